The van der Waals surface area contributed by atoms with Gasteiger partial charge in [0.1, 0.15) is 0 Å². The minimum absolute atomic E-state index is 0.200. The monoisotopic (exact) mass is 233 g/mol. The molecule has 0 saturated heterocycles. The molecule has 4 unspecified atom stereocenters. The molecule has 0 aromatic rings. The first-order valence-electron chi connectivity index (χ1n) is 5.83. The maximum Gasteiger partial charge on any atom is 0.0693 e. The Morgan fingerprint density at radius 1 is 1.40 bits per heavy atom. The van der Waals surface area contributed by atoms with Crippen molar-refractivity contribution in [2.75, 3.05) is 12.0 Å². The van der Waals surface area contributed by atoms with E-state index in [4.69, 9.17) is 0 Å². The van der Waals surface area contributed by atoms with Crippen molar-refractivity contribution in [2.24, 2.45) is 0 Å². The largest absolute Gasteiger partial charge is 0.392 e. The van der Waals surface area contributed by atoms with Crippen molar-refractivity contribution < 1.29 is 9.32 Å². The van der Waals surface area contributed by atoms with Crippen LogP contribution in [0.1, 0.15) is 39.0 Å². The van der Waals surface area contributed by atoms with Gasteiger partial charge in [-0.05, 0) is 19.8 Å². The summed E-state index contributed by atoms with van der Waals surface area (Å²) in [5.41, 5.74) is 0. The number of rotatable bonds is 4. The summed E-state index contributed by atoms with van der Waals surface area (Å²) < 4.78 is 11.1. The molecule has 0 radical (unpaired) electrons. The summed E-state index contributed by atoms with van der Waals surface area (Å²) in [6.07, 6.45) is 7.00. The third-order valence-electron chi connectivity index (χ3n) is 2.96. The SMILES string of the molecule is CC(CS(C)=O)NC1CCCCCC1O. The number of hydrogen-bond acceptors (Lipinski definition) is 3. The van der Waals surface area contributed by atoms with Crippen LogP contribution < -0.4 is 5.32 Å². The Labute approximate surface area is 95.1 Å². The van der Waals surface area contributed by atoms with Crippen LogP contribution in [0.25, 0.3) is 0 Å². The van der Waals surface area contributed by atoms with Crippen molar-refractivity contribution in [1.82, 2.24) is 5.32 Å². The van der Waals surface area contributed by atoms with Crippen LogP contribution in [-0.4, -0.2) is 39.5 Å². The summed E-state index contributed by atoms with van der Waals surface area (Å²) in [6, 6.07) is 0.430. The van der Waals surface area contributed by atoms with Crippen LogP contribution in [0.5, 0.6) is 0 Å². The van der Waals surface area contributed by atoms with Crippen molar-refractivity contribution >= 4 is 10.8 Å². The first kappa shape index (κ1) is 13.1. The van der Waals surface area contributed by atoms with Crippen molar-refractivity contribution in [2.45, 2.75) is 57.2 Å². The highest BCUT2D eigenvalue weighted by atomic mass is 32.2. The molecule has 2 N–H and O–H groups in total. The molecule has 0 aliphatic heterocycles. The molecule has 0 spiro atoms. The Morgan fingerprint density at radius 3 is 2.73 bits per heavy atom. The van der Waals surface area contributed by atoms with Crippen LogP contribution in [-0.2, 0) is 10.8 Å². The molecule has 1 aliphatic rings. The number of nitrogens with one attached hydrogen (secondary N) is 1. The molecule has 1 fully saturated rings. The summed E-state index contributed by atoms with van der Waals surface area (Å²) in [6.45, 7) is 2.04. The fourth-order valence-electron chi connectivity index (χ4n) is 2.25. The second-order valence-corrected chi connectivity index (χ2v) is 6.10. The zero-order chi connectivity index (χ0) is 11.3. The lowest BCUT2D eigenvalue weighted by Gasteiger charge is -2.25. The van der Waals surface area contributed by atoms with Gasteiger partial charge in [-0.1, -0.05) is 19.3 Å². The Bertz CT molecular complexity index is 211. The van der Waals surface area contributed by atoms with Gasteiger partial charge in [-0.2, -0.15) is 0 Å². The fourth-order valence-corrected chi connectivity index (χ4v) is 3.05. The van der Waals surface area contributed by atoms with Gasteiger partial charge in [0.05, 0.1) is 6.10 Å². The zero-order valence-corrected chi connectivity index (χ0v) is 10.6. The summed E-state index contributed by atoms with van der Waals surface area (Å²) in [5.74, 6) is 0.670. The number of hydrogen-bond donors (Lipinski definition) is 2. The molecule has 0 bridgehead atoms. The third kappa shape index (κ3) is 5.09. The molecule has 0 aromatic carbocycles. The lowest BCUT2D eigenvalue weighted by molar-refractivity contribution is 0.116. The van der Waals surface area contributed by atoms with E-state index in [0.29, 0.717) is 5.75 Å². The molecule has 1 rings (SSSR count). The van der Waals surface area contributed by atoms with Crippen LogP contribution in [0, 0.1) is 0 Å². The Hall–Kier alpha value is 0.0700. The highest BCUT2D eigenvalue weighted by Gasteiger charge is 2.22. The second kappa shape index (κ2) is 6.61. The van der Waals surface area contributed by atoms with Gasteiger partial charge in [0.15, 0.2) is 0 Å². The maximum atomic E-state index is 11.1. The van der Waals surface area contributed by atoms with Gasteiger partial charge in [0, 0.05) is 34.9 Å². The van der Waals surface area contributed by atoms with E-state index in [1.54, 1.807) is 6.26 Å². The summed E-state index contributed by atoms with van der Waals surface area (Å²) >= 11 is 0. The van der Waals surface area contributed by atoms with E-state index in [0.717, 1.165) is 19.3 Å². The fraction of sp³-hybridized carbons (Fsp3) is 1.00. The van der Waals surface area contributed by atoms with Crippen molar-refractivity contribution in [1.29, 1.82) is 0 Å². The minimum Gasteiger partial charge on any atom is -0.392 e. The lowest BCUT2D eigenvalue weighted by Crippen LogP contribution is -2.45. The van der Waals surface area contributed by atoms with E-state index >= 15 is 0 Å². The molecule has 4 heteroatoms. The average Bonchev–Trinajstić information content (AvgIpc) is 2.30. The van der Waals surface area contributed by atoms with Gasteiger partial charge in [0.25, 0.3) is 0 Å². The highest BCUT2D eigenvalue weighted by molar-refractivity contribution is 7.84. The Balaban J connectivity index is 2.36. The van der Waals surface area contributed by atoms with E-state index in [2.05, 4.69) is 5.32 Å². The standard InChI is InChI=1S/C11H23NO2S/c1-9(8-15(2)14)12-10-6-4-3-5-7-11(10)13/h9-13H,3-8H2,1-2H3. The smallest absolute Gasteiger partial charge is 0.0693 e. The van der Waals surface area contributed by atoms with Crippen molar-refractivity contribution in [3.63, 3.8) is 0 Å². The van der Waals surface area contributed by atoms with Crippen molar-refractivity contribution in [3.8, 4) is 0 Å². The summed E-state index contributed by atoms with van der Waals surface area (Å²) in [7, 11) is -0.760. The van der Waals surface area contributed by atoms with E-state index in [1.807, 2.05) is 6.92 Å². The second-order valence-electron chi connectivity index (χ2n) is 4.62. The first-order valence-corrected chi connectivity index (χ1v) is 7.56. The van der Waals surface area contributed by atoms with Gasteiger partial charge in [-0.15, -0.1) is 0 Å². The van der Waals surface area contributed by atoms with E-state index in [9.17, 15) is 9.32 Å². The number of aliphatic hydroxyl groups is 1. The molecule has 4 atom stereocenters. The maximum absolute atomic E-state index is 11.1. The highest BCUT2D eigenvalue weighted by Crippen LogP contribution is 2.18. The van der Waals surface area contributed by atoms with Crippen LogP contribution >= 0.6 is 0 Å². The lowest BCUT2D eigenvalue weighted by atomic mass is 10.1. The predicted molar refractivity (Wildman–Crippen MR) is 64.4 cm³/mol. The normalized spacial score (nSPS) is 31.9. The first-order chi connectivity index (χ1) is 7.09. The molecule has 90 valence electrons. The van der Waals surface area contributed by atoms with Gasteiger partial charge in [0.2, 0.25) is 0 Å². The zero-order valence-electron chi connectivity index (χ0n) is 9.74. The van der Waals surface area contributed by atoms with Crippen molar-refractivity contribution in [3.05, 3.63) is 0 Å². The predicted octanol–water partition coefficient (Wildman–Crippen LogP) is 1.04. The molecule has 1 saturated carbocycles. The van der Waals surface area contributed by atoms with E-state index in [1.165, 1.54) is 12.8 Å². The van der Waals surface area contributed by atoms with Crippen LogP contribution in [0.3, 0.4) is 0 Å². The van der Waals surface area contributed by atoms with Gasteiger partial charge in [-0.25, -0.2) is 0 Å². The van der Waals surface area contributed by atoms with Crippen LogP contribution in [0.15, 0.2) is 0 Å². The van der Waals surface area contributed by atoms with E-state index in [-0.39, 0.29) is 18.2 Å². The molecule has 15 heavy (non-hydrogen) atoms. The van der Waals surface area contributed by atoms with Gasteiger partial charge >= 0.3 is 0 Å². The summed E-state index contributed by atoms with van der Waals surface area (Å²) in [4.78, 5) is 0. The molecule has 0 amide bonds. The molecule has 0 heterocycles. The Kier molecular flexibility index (Phi) is 5.79. The molecule has 1 aliphatic carbocycles. The minimum atomic E-state index is -0.760. The average molecular weight is 233 g/mol. The quantitative estimate of drug-likeness (QED) is 0.713. The Morgan fingerprint density at radius 2 is 2.07 bits per heavy atom. The third-order valence-corrected chi connectivity index (χ3v) is 3.93. The number of aliphatic hydroxyl groups excluding tert-OH is 1. The molecule has 3 nitrogen and oxygen atoms in total. The topological polar surface area (TPSA) is 49.3 Å². The van der Waals surface area contributed by atoms with Gasteiger partial charge < -0.3 is 10.4 Å². The van der Waals surface area contributed by atoms with Crippen LogP contribution in [0.4, 0.5) is 0 Å². The molecule has 0 aromatic heterocycles. The van der Waals surface area contributed by atoms with Gasteiger partial charge in [-0.3, -0.25) is 4.21 Å². The van der Waals surface area contributed by atoms with E-state index < -0.39 is 10.8 Å². The molecular weight excluding hydrogens is 210 g/mol. The summed E-state index contributed by atoms with van der Waals surface area (Å²) in [5, 5.41) is 13.3. The van der Waals surface area contributed by atoms with Crippen LogP contribution in [0.2, 0.25) is 0 Å². The molecular formula is C11H23NO2S.